The van der Waals surface area contributed by atoms with Gasteiger partial charge in [0.1, 0.15) is 5.69 Å². The second kappa shape index (κ2) is 7.87. The quantitative estimate of drug-likeness (QED) is 0.533. The molecule has 3 N–H and O–H groups in total. The second-order valence-electron chi connectivity index (χ2n) is 6.80. The minimum absolute atomic E-state index is 0.234. The number of rotatable bonds is 7. The van der Waals surface area contributed by atoms with Crippen LogP contribution >= 0.6 is 0 Å². The van der Waals surface area contributed by atoms with Gasteiger partial charge in [0, 0.05) is 31.2 Å². The Bertz CT molecular complexity index is 742. The van der Waals surface area contributed by atoms with Crippen LogP contribution in [0.5, 0.6) is 0 Å². The first-order valence-corrected chi connectivity index (χ1v) is 10.3. The number of likely N-dealkylation sites (tertiary alicyclic amines) is 1. The number of nitro groups is 1. The highest BCUT2D eigenvalue weighted by Gasteiger charge is 2.32. The molecular formula is C16H24N4O5S. The van der Waals surface area contributed by atoms with Gasteiger partial charge in [-0.1, -0.05) is 0 Å². The molecule has 0 bridgehead atoms. The fourth-order valence-electron chi connectivity index (χ4n) is 3.73. The average Bonchev–Trinajstić information content (AvgIpc) is 3.28. The molecule has 2 saturated heterocycles. The number of nitrogens with zero attached hydrogens (tertiary/aromatic N) is 2. The van der Waals surface area contributed by atoms with E-state index in [4.69, 9.17) is 9.88 Å². The Balaban J connectivity index is 1.79. The molecule has 0 radical (unpaired) electrons. The summed E-state index contributed by atoms with van der Waals surface area (Å²) in [4.78, 5) is 12.9. The van der Waals surface area contributed by atoms with E-state index in [0.29, 0.717) is 24.8 Å². The summed E-state index contributed by atoms with van der Waals surface area (Å²) in [6, 6.07) is 3.93. The van der Waals surface area contributed by atoms with Crippen molar-refractivity contribution in [2.24, 2.45) is 11.1 Å². The summed E-state index contributed by atoms with van der Waals surface area (Å²) in [5.74, 6) is 0.392. The van der Waals surface area contributed by atoms with Crippen molar-refractivity contribution >= 4 is 21.4 Å². The number of benzene rings is 1. The molecule has 3 rings (SSSR count). The van der Waals surface area contributed by atoms with Gasteiger partial charge in [-0.2, -0.15) is 0 Å². The van der Waals surface area contributed by atoms with Crippen LogP contribution in [0, 0.1) is 16.0 Å². The lowest BCUT2D eigenvalue weighted by molar-refractivity contribution is -0.384. The number of nitrogens with two attached hydrogens (primary N) is 1. The largest absolute Gasteiger partial charge is 0.381 e. The molecule has 0 saturated carbocycles. The van der Waals surface area contributed by atoms with E-state index in [2.05, 4.69) is 10.2 Å². The second-order valence-corrected chi connectivity index (χ2v) is 8.36. The predicted octanol–water partition coefficient (Wildman–Crippen LogP) is 1.16. The van der Waals surface area contributed by atoms with Crippen molar-refractivity contribution in [1.82, 2.24) is 4.90 Å². The third-order valence-electron chi connectivity index (χ3n) is 5.11. The number of nitrogens with one attached hydrogen (secondary N) is 1. The van der Waals surface area contributed by atoms with Crippen molar-refractivity contribution in [3.05, 3.63) is 28.3 Å². The summed E-state index contributed by atoms with van der Waals surface area (Å²) in [6.45, 7) is 4.04. The van der Waals surface area contributed by atoms with Crippen LogP contribution in [0.15, 0.2) is 23.1 Å². The number of nitro benzene ring substituents is 1. The van der Waals surface area contributed by atoms with Gasteiger partial charge in [0.2, 0.25) is 10.0 Å². The third-order valence-corrected chi connectivity index (χ3v) is 6.03. The van der Waals surface area contributed by atoms with Crippen molar-refractivity contribution in [1.29, 1.82) is 0 Å². The van der Waals surface area contributed by atoms with Gasteiger partial charge in [-0.25, -0.2) is 13.6 Å². The zero-order valence-corrected chi connectivity index (χ0v) is 15.3. The van der Waals surface area contributed by atoms with Crippen molar-refractivity contribution < 1.29 is 18.1 Å². The molecule has 26 heavy (non-hydrogen) atoms. The molecule has 1 aromatic carbocycles. The number of hydrogen-bond acceptors (Lipinski definition) is 7. The topological polar surface area (TPSA) is 128 Å². The van der Waals surface area contributed by atoms with E-state index in [0.717, 1.165) is 45.0 Å². The molecule has 0 aromatic heterocycles. The van der Waals surface area contributed by atoms with Gasteiger partial charge in [0.05, 0.1) is 16.4 Å². The Morgan fingerprint density at radius 3 is 2.69 bits per heavy atom. The Hall–Kier alpha value is -1.75. The number of hydrogen-bond donors (Lipinski definition) is 2. The van der Waals surface area contributed by atoms with Crippen LogP contribution in [0.1, 0.15) is 19.3 Å². The Morgan fingerprint density at radius 1 is 1.38 bits per heavy atom. The Labute approximate surface area is 152 Å². The highest BCUT2D eigenvalue weighted by Crippen LogP contribution is 2.29. The Kier molecular flexibility index (Phi) is 5.76. The van der Waals surface area contributed by atoms with E-state index in [-0.39, 0.29) is 16.6 Å². The van der Waals surface area contributed by atoms with E-state index >= 15 is 0 Å². The van der Waals surface area contributed by atoms with Crippen molar-refractivity contribution in [2.75, 3.05) is 38.2 Å². The fraction of sp³-hybridized carbons (Fsp3) is 0.625. The summed E-state index contributed by atoms with van der Waals surface area (Å²) in [5, 5.41) is 19.6. The normalized spacial score (nSPS) is 22.4. The van der Waals surface area contributed by atoms with Gasteiger partial charge in [-0.15, -0.1) is 0 Å². The molecule has 10 heteroatoms. The molecule has 2 atom stereocenters. The molecule has 0 unspecified atom stereocenters. The van der Waals surface area contributed by atoms with Crippen molar-refractivity contribution in [3.8, 4) is 0 Å². The zero-order valence-electron chi connectivity index (χ0n) is 14.5. The van der Waals surface area contributed by atoms with Crippen molar-refractivity contribution in [2.45, 2.75) is 30.2 Å². The molecule has 2 fully saturated rings. The summed E-state index contributed by atoms with van der Waals surface area (Å²) in [7, 11) is -3.99. The smallest absolute Gasteiger partial charge is 0.293 e. The first kappa shape index (κ1) is 19.0. The zero-order chi connectivity index (χ0) is 18.7. The summed E-state index contributed by atoms with van der Waals surface area (Å²) >= 11 is 0. The number of primary sulfonamides is 1. The fourth-order valence-corrected chi connectivity index (χ4v) is 4.26. The monoisotopic (exact) mass is 384 g/mol. The molecule has 2 heterocycles. The van der Waals surface area contributed by atoms with Crippen LogP contribution in [0.3, 0.4) is 0 Å². The minimum Gasteiger partial charge on any atom is -0.381 e. The van der Waals surface area contributed by atoms with Crippen LogP contribution in [0.4, 0.5) is 11.4 Å². The summed E-state index contributed by atoms with van der Waals surface area (Å²) < 4.78 is 28.4. The standard InChI is InChI=1S/C16H24N4O5S/c17-26(23,24)13-3-4-14(15(9-13)20(21)22)18-10-16(12-5-8-25-11-12)19-6-1-2-7-19/h3-4,9,12,16,18H,1-2,5-8,10-11H2,(H2,17,23,24)/t12-,16-/m0/s1. The Morgan fingerprint density at radius 2 is 2.12 bits per heavy atom. The summed E-state index contributed by atoms with van der Waals surface area (Å²) in [6.07, 6.45) is 3.30. The van der Waals surface area contributed by atoms with Crippen LogP contribution in [0.25, 0.3) is 0 Å². The van der Waals surface area contributed by atoms with Crippen molar-refractivity contribution in [3.63, 3.8) is 0 Å². The maximum absolute atomic E-state index is 11.4. The molecule has 144 valence electrons. The third kappa shape index (κ3) is 4.32. The van der Waals surface area contributed by atoms with E-state index in [9.17, 15) is 18.5 Å². The summed E-state index contributed by atoms with van der Waals surface area (Å²) in [5.41, 5.74) is 0.00452. The average molecular weight is 384 g/mol. The SMILES string of the molecule is NS(=O)(=O)c1ccc(NC[C@@H]([C@H]2CCOC2)N2CCCC2)c([N+](=O)[O-])c1. The maximum Gasteiger partial charge on any atom is 0.293 e. The molecule has 2 aliphatic heterocycles. The van der Waals surface area contributed by atoms with Gasteiger partial charge in [-0.05, 0) is 44.5 Å². The predicted molar refractivity (Wildman–Crippen MR) is 96.5 cm³/mol. The van der Waals surface area contributed by atoms with Gasteiger partial charge in [0.15, 0.2) is 0 Å². The van der Waals surface area contributed by atoms with Gasteiger partial charge >= 0.3 is 0 Å². The number of ether oxygens (including phenoxy) is 1. The van der Waals surface area contributed by atoms with Gasteiger partial charge in [0.25, 0.3) is 5.69 Å². The van der Waals surface area contributed by atoms with Crippen LogP contribution < -0.4 is 10.5 Å². The van der Waals surface area contributed by atoms with Gasteiger partial charge in [-0.3, -0.25) is 15.0 Å². The molecule has 1 aromatic rings. The first-order valence-electron chi connectivity index (χ1n) is 8.73. The highest BCUT2D eigenvalue weighted by molar-refractivity contribution is 7.89. The molecule has 9 nitrogen and oxygen atoms in total. The molecular weight excluding hydrogens is 360 g/mol. The van der Waals surface area contributed by atoms with Crippen LogP contribution in [-0.2, 0) is 14.8 Å². The molecule has 0 aliphatic carbocycles. The van der Waals surface area contributed by atoms with E-state index in [1.165, 1.54) is 12.1 Å². The lowest BCUT2D eigenvalue weighted by atomic mass is 9.97. The van der Waals surface area contributed by atoms with Crippen LogP contribution in [-0.4, -0.2) is 57.1 Å². The molecule has 2 aliphatic rings. The van der Waals surface area contributed by atoms with E-state index in [1.54, 1.807) is 0 Å². The maximum atomic E-state index is 11.4. The van der Waals surface area contributed by atoms with Gasteiger partial charge < -0.3 is 10.1 Å². The first-order chi connectivity index (χ1) is 12.4. The lowest BCUT2D eigenvalue weighted by Crippen LogP contribution is -2.44. The highest BCUT2D eigenvalue weighted by atomic mass is 32.2. The minimum atomic E-state index is -3.99. The van der Waals surface area contributed by atoms with E-state index in [1.807, 2.05) is 0 Å². The van der Waals surface area contributed by atoms with Crippen LogP contribution in [0.2, 0.25) is 0 Å². The molecule has 0 spiro atoms. The lowest BCUT2D eigenvalue weighted by Gasteiger charge is -2.32. The van der Waals surface area contributed by atoms with E-state index < -0.39 is 14.9 Å². The number of anilines is 1. The number of sulfonamides is 1. The molecule has 0 amide bonds.